The summed E-state index contributed by atoms with van der Waals surface area (Å²) in [7, 11) is 0. The summed E-state index contributed by atoms with van der Waals surface area (Å²) in [5.41, 5.74) is 0. The molecule has 0 aromatic heterocycles. The molecule has 3 heteroatoms. The molecule has 0 N–H and O–H groups in total. The van der Waals surface area contributed by atoms with Crippen LogP contribution in [0.5, 0.6) is 0 Å². The monoisotopic (exact) mass is 138 g/mol. The van der Waals surface area contributed by atoms with Crippen molar-refractivity contribution in [1.82, 2.24) is 0 Å². The molecule has 1 rings (SSSR count). The molecule has 8 heavy (non-hydrogen) atoms. The fourth-order valence-electron chi connectivity index (χ4n) is 0.788. The van der Waals surface area contributed by atoms with Gasteiger partial charge in [-0.05, 0) is 5.92 Å². The summed E-state index contributed by atoms with van der Waals surface area (Å²) in [6, 6.07) is 0. The normalized spacial score (nSPS) is 35.6. The van der Waals surface area contributed by atoms with E-state index < -0.39 is 5.25 Å². The number of hydrogen-bond acceptors (Lipinski definition) is 1. The van der Waals surface area contributed by atoms with Crippen molar-refractivity contribution in [2.45, 2.75) is 18.6 Å². The molecule has 0 aliphatic carbocycles. The van der Waals surface area contributed by atoms with Crippen LogP contribution >= 0.6 is 11.8 Å². The van der Waals surface area contributed by atoms with E-state index >= 15 is 0 Å². The molecule has 0 bridgehead atoms. The number of alkyl halides is 2. The summed E-state index contributed by atoms with van der Waals surface area (Å²) in [5.74, 6) is 0.822. The molecule has 1 atom stereocenters. The summed E-state index contributed by atoms with van der Waals surface area (Å²) >= 11 is 0.774. The quantitative estimate of drug-likeness (QED) is 0.495. The minimum absolute atomic E-state index is 0.0671. The third kappa shape index (κ3) is 1.34. The molecule has 0 nitrogen and oxygen atoms in total. The van der Waals surface area contributed by atoms with Crippen molar-refractivity contribution in [1.29, 1.82) is 0 Å². The first kappa shape index (κ1) is 6.33. The summed E-state index contributed by atoms with van der Waals surface area (Å²) in [6.07, 6.45) is 0.0671. The number of hydrogen-bond donors (Lipinski definition) is 0. The highest BCUT2D eigenvalue weighted by atomic mass is 32.2. The van der Waals surface area contributed by atoms with Crippen LogP contribution in [0.15, 0.2) is 0 Å². The Hall–Kier alpha value is 0.210. The summed E-state index contributed by atoms with van der Waals surface area (Å²) in [4.78, 5) is 0. The van der Waals surface area contributed by atoms with E-state index in [1.807, 2.05) is 6.92 Å². The molecule has 0 radical (unpaired) electrons. The van der Waals surface area contributed by atoms with E-state index in [2.05, 4.69) is 0 Å². The SMILES string of the molecule is CC1CSC(F)(F)C1. The van der Waals surface area contributed by atoms with Crippen LogP contribution in [-0.4, -0.2) is 11.0 Å². The van der Waals surface area contributed by atoms with Crippen molar-refractivity contribution in [3.63, 3.8) is 0 Å². The summed E-state index contributed by atoms with van der Waals surface area (Å²) < 4.78 is 24.3. The maximum absolute atomic E-state index is 12.2. The van der Waals surface area contributed by atoms with Crippen molar-refractivity contribution < 1.29 is 8.78 Å². The Morgan fingerprint density at radius 2 is 2.25 bits per heavy atom. The second-order valence-electron chi connectivity index (χ2n) is 2.26. The van der Waals surface area contributed by atoms with E-state index in [4.69, 9.17) is 0 Å². The van der Waals surface area contributed by atoms with Crippen LogP contribution in [0.1, 0.15) is 13.3 Å². The molecular formula is C5H8F2S. The number of halogens is 2. The molecular weight excluding hydrogens is 130 g/mol. The van der Waals surface area contributed by atoms with Crippen LogP contribution in [0.25, 0.3) is 0 Å². The number of rotatable bonds is 0. The molecule has 1 unspecified atom stereocenters. The lowest BCUT2D eigenvalue weighted by Gasteiger charge is -2.03. The van der Waals surface area contributed by atoms with Gasteiger partial charge in [-0.25, -0.2) is 0 Å². The van der Waals surface area contributed by atoms with Gasteiger partial charge in [-0.3, -0.25) is 0 Å². The molecule has 0 aromatic carbocycles. The average molecular weight is 138 g/mol. The lowest BCUT2D eigenvalue weighted by Crippen LogP contribution is -2.04. The molecule has 1 aliphatic heterocycles. The zero-order valence-corrected chi connectivity index (χ0v) is 5.47. The zero-order chi connectivity index (χ0) is 6.20. The van der Waals surface area contributed by atoms with Crippen molar-refractivity contribution in [3.05, 3.63) is 0 Å². The topological polar surface area (TPSA) is 0 Å². The molecule has 1 fully saturated rings. The fourth-order valence-corrected chi connectivity index (χ4v) is 1.84. The van der Waals surface area contributed by atoms with Crippen LogP contribution in [0, 0.1) is 5.92 Å². The highest BCUT2D eigenvalue weighted by molar-refractivity contribution is 8.00. The minimum Gasteiger partial charge on any atom is -0.194 e. The van der Waals surface area contributed by atoms with Crippen molar-refractivity contribution in [2.24, 2.45) is 5.92 Å². The van der Waals surface area contributed by atoms with Crippen LogP contribution in [0.4, 0.5) is 8.78 Å². The lowest BCUT2D eigenvalue weighted by atomic mass is 10.1. The van der Waals surface area contributed by atoms with E-state index in [1.54, 1.807) is 0 Å². The maximum Gasteiger partial charge on any atom is 0.294 e. The van der Waals surface area contributed by atoms with Gasteiger partial charge in [-0.2, -0.15) is 8.78 Å². The van der Waals surface area contributed by atoms with Crippen LogP contribution in [0.3, 0.4) is 0 Å². The predicted octanol–water partition coefficient (Wildman–Crippen LogP) is 2.35. The lowest BCUT2D eigenvalue weighted by molar-refractivity contribution is 0.0928. The van der Waals surface area contributed by atoms with Gasteiger partial charge in [0.1, 0.15) is 0 Å². The van der Waals surface area contributed by atoms with E-state index in [9.17, 15) is 8.78 Å². The molecule has 0 spiro atoms. The van der Waals surface area contributed by atoms with E-state index in [0.29, 0.717) is 5.75 Å². The Kier molecular flexibility index (Phi) is 1.48. The van der Waals surface area contributed by atoms with Gasteiger partial charge in [0.15, 0.2) is 0 Å². The number of thioether (sulfide) groups is 1. The molecule has 1 heterocycles. The first-order valence-corrected chi connectivity index (χ1v) is 3.60. The van der Waals surface area contributed by atoms with Gasteiger partial charge < -0.3 is 0 Å². The Balaban J connectivity index is 2.44. The van der Waals surface area contributed by atoms with Crippen molar-refractivity contribution >= 4 is 11.8 Å². The highest BCUT2D eigenvalue weighted by Gasteiger charge is 2.37. The Labute approximate surface area is 51.6 Å². The van der Waals surface area contributed by atoms with Crippen molar-refractivity contribution in [2.75, 3.05) is 5.75 Å². The third-order valence-electron chi connectivity index (χ3n) is 1.17. The first-order valence-electron chi connectivity index (χ1n) is 2.62. The zero-order valence-electron chi connectivity index (χ0n) is 4.66. The van der Waals surface area contributed by atoms with E-state index in [0.717, 1.165) is 11.8 Å². The molecule has 48 valence electrons. The first-order chi connectivity index (χ1) is 3.60. The maximum atomic E-state index is 12.2. The predicted molar refractivity (Wildman–Crippen MR) is 31.2 cm³/mol. The van der Waals surface area contributed by atoms with Gasteiger partial charge >= 0.3 is 0 Å². The van der Waals surface area contributed by atoms with Gasteiger partial charge in [0.25, 0.3) is 5.25 Å². The van der Waals surface area contributed by atoms with Gasteiger partial charge in [0.05, 0.1) is 0 Å². The minimum atomic E-state index is -2.42. The summed E-state index contributed by atoms with van der Waals surface area (Å²) in [6.45, 7) is 1.86. The molecule has 0 aromatic rings. The average Bonchev–Trinajstić information content (AvgIpc) is 1.82. The van der Waals surface area contributed by atoms with Crippen LogP contribution in [0.2, 0.25) is 0 Å². The standard InChI is InChI=1S/C5H8F2S/c1-4-2-5(6,7)8-3-4/h4H,2-3H2,1H3. The van der Waals surface area contributed by atoms with Crippen LogP contribution < -0.4 is 0 Å². The van der Waals surface area contributed by atoms with Gasteiger partial charge in [0, 0.05) is 12.2 Å². The van der Waals surface area contributed by atoms with Crippen molar-refractivity contribution in [3.8, 4) is 0 Å². The molecule has 0 saturated carbocycles. The Morgan fingerprint density at radius 3 is 2.38 bits per heavy atom. The summed E-state index contributed by atoms with van der Waals surface area (Å²) in [5, 5.41) is -2.42. The Bertz CT molecular complexity index is 92.4. The second kappa shape index (κ2) is 1.87. The largest absolute Gasteiger partial charge is 0.294 e. The molecule has 1 saturated heterocycles. The smallest absolute Gasteiger partial charge is 0.194 e. The molecule has 0 amide bonds. The fraction of sp³-hybridized carbons (Fsp3) is 1.00. The van der Waals surface area contributed by atoms with E-state index in [1.165, 1.54) is 0 Å². The second-order valence-corrected chi connectivity index (χ2v) is 3.48. The third-order valence-corrected chi connectivity index (χ3v) is 2.49. The van der Waals surface area contributed by atoms with Gasteiger partial charge in [-0.15, -0.1) is 0 Å². The molecule has 1 aliphatic rings. The highest BCUT2D eigenvalue weighted by Crippen LogP contribution is 2.43. The van der Waals surface area contributed by atoms with Gasteiger partial charge in [0.2, 0.25) is 0 Å². The van der Waals surface area contributed by atoms with Crippen LogP contribution in [-0.2, 0) is 0 Å². The Morgan fingerprint density at radius 1 is 1.62 bits per heavy atom. The van der Waals surface area contributed by atoms with Gasteiger partial charge in [-0.1, -0.05) is 18.7 Å². The van der Waals surface area contributed by atoms with E-state index in [-0.39, 0.29) is 12.3 Å².